The summed E-state index contributed by atoms with van der Waals surface area (Å²) in [4.78, 5) is 24.6. The highest BCUT2D eigenvalue weighted by molar-refractivity contribution is 5.93. The van der Waals surface area contributed by atoms with E-state index in [1.807, 2.05) is 12.1 Å². The molecule has 2 aliphatic rings. The summed E-state index contributed by atoms with van der Waals surface area (Å²) in [5, 5.41) is 0. The molecule has 146 valence electrons. The Labute approximate surface area is 163 Å². The predicted octanol–water partition coefficient (Wildman–Crippen LogP) is 2.96. The number of carbonyl (C=O) groups excluding carboxylic acids is 2. The Morgan fingerprint density at radius 1 is 0.750 bits per heavy atom. The maximum Gasteiger partial charge on any atom is 0.338 e. The fraction of sp³-hybridized carbons (Fsp3) is 0.364. The van der Waals surface area contributed by atoms with Crippen molar-refractivity contribution < 1.29 is 28.5 Å². The Kier molecular flexibility index (Phi) is 5.69. The largest absolute Gasteiger partial charge is 0.462 e. The van der Waals surface area contributed by atoms with Gasteiger partial charge < -0.3 is 18.9 Å². The second-order valence-electron chi connectivity index (χ2n) is 7.17. The molecule has 2 heterocycles. The van der Waals surface area contributed by atoms with Crippen molar-refractivity contribution >= 4 is 11.9 Å². The zero-order valence-electron chi connectivity index (χ0n) is 15.5. The van der Waals surface area contributed by atoms with Gasteiger partial charge in [0.05, 0.1) is 50.8 Å². The number of benzene rings is 2. The Bertz CT molecular complexity index is 782. The van der Waals surface area contributed by atoms with Crippen molar-refractivity contribution in [2.45, 2.75) is 0 Å². The lowest BCUT2D eigenvalue weighted by Crippen LogP contribution is -2.32. The van der Waals surface area contributed by atoms with Crippen LogP contribution in [-0.4, -0.2) is 51.6 Å². The molecule has 0 aliphatic carbocycles. The van der Waals surface area contributed by atoms with Gasteiger partial charge in [-0.25, -0.2) is 9.59 Å². The van der Waals surface area contributed by atoms with Crippen LogP contribution in [0.15, 0.2) is 48.5 Å². The molecule has 2 aliphatic heterocycles. The Balaban J connectivity index is 1.42. The highest BCUT2D eigenvalue weighted by Gasteiger charge is 2.22. The van der Waals surface area contributed by atoms with Gasteiger partial charge in [0.15, 0.2) is 0 Å². The van der Waals surface area contributed by atoms with Crippen LogP contribution in [0.25, 0.3) is 11.1 Å². The molecular formula is C22H22O6. The zero-order chi connectivity index (χ0) is 19.3. The molecule has 28 heavy (non-hydrogen) atoms. The van der Waals surface area contributed by atoms with Crippen molar-refractivity contribution in [2.75, 3.05) is 39.6 Å². The first-order valence-electron chi connectivity index (χ1n) is 9.39. The molecular weight excluding hydrogens is 360 g/mol. The molecule has 2 fully saturated rings. The van der Waals surface area contributed by atoms with E-state index in [2.05, 4.69) is 0 Å². The number of rotatable bonds is 7. The molecule has 0 N–H and O–H groups in total. The van der Waals surface area contributed by atoms with E-state index in [1.165, 1.54) is 0 Å². The summed E-state index contributed by atoms with van der Waals surface area (Å²) in [6, 6.07) is 14.4. The van der Waals surface area contributed by atoms with E-state index in [1.54, 1.807) is 36.4 Å². The molecule has 2 aromatic carbocycles. The molecule has 0 aromatic heterocycles. The molecule has 2 saturated heterocycles. The van der Waals surface area contributed by atoms with Gasteiger partial charge in [-0.3, -0.25) is 0 Å². The van der Waals surface area contributed by atoms with E-state index >= 15 is 0 Å². The van der Waals surface area contributed by atoms with Crippen molar-refractivity contribution in [1.82, 2.24) is 0 Å². The second kappa shape index (κ2) is 8.54. The standard InChI is InChI=1S/C22H22O6/c23-21(27-13-15-9-25-10-15)19-5-1-3-17(7-19)18-4-2-6-20(8-18)22(24)28-14-16-11-26-12-16/h1-8,15-16H,9-14H2. The van der Waals surface area contributed by atoms with E-state index in [9.17, 15) is 9.59 Å². The quantitative estimate of drug-likeness (QED) is 0.686. The highest BCUT2D eigenvalue weighted by Crippen LogP contribution is 2.23. The van der Waals surface area contributed by atoms with Gasteiger partial charge in [-0.05, 0) is 35.4 Å². The molecule has 0 radical (unpaired) electrons. The molecule has 0 atom stereocenters. The van der Waals surface area contributed by atoms with Crippen LogP contribution in [0.5, 0.6) is 0 Å². The van der Waals surface area contributed by atoms with Gasteiger partial charge >= 0.3 is 11.9 Å². The first-order valence-corrected chi connectivity index (χ1v) is 9.39. The average molecular weight is 382 g/mol. The van der Waals surface area contributed by atoms with Crippen LogP contribution in [0.2, 0.25) is 0 Å². The minimum absolute atomic E-state index is 0.293. The molecule has 0 bridgehead atoms. The smallest absolute Gasteiger partial charge is 0.338 e. The first-order chi connectivity index (χ1) is 13.7. The normalized spacial score (nSPS) is 16.7. The van der Waals surface area contributed by atoms with Crippen LogP contribution in [0.4, 0.5) is 0 Å². The van der Waals surface area contributed by atoms with Crippen molar-refractivity contribution in [3.05, 3.63) is 59.7 Å². The topological polar surface area (TPSA) is 71.1 Å². The molecule has 4 rings (SSSR count). The van der Waals surface area contributed by atoms with Crippen LogP contribution in [0.1, 0.15) is 20.7 Å². The van der Waals surface area contributed by atoms with Gasteiger partial charge in [-0.15, -0.1) is 0 Å². The minimum Gasteiger partial charge on any atom is -0.462 e. The molecule has 0 amide bonds. The fourth-order valence-electron chi connectivity index (χ4n) is 2.97. The molecule has 0 saturated carbocycles. The monoisotopic (exact) mass is 382 g/mol. The molecule has 6 heteroatoms. The van der Waals surface area contributed by atoms with E-state index in [0.29, 0.717) is 62.6 Å². The third-order valence-electron chi connectivity index (χ3n) is 4.84. The summed E-state index contributed by atoms with van der Waals surface area (Å²) in [5.41, 5.74) is 2.64. The third-order valence-corrected chi connectivity index (χ3v) is 4.84. The summed E-state index contributed by atoms with van der Waals surface area (Å²) in [6.45, 7) is 3.31. The zero-order valence-corrected chi connectivity index (χ0v) is 15.5. The third kappa shape index (κ3) is 4.40. The van der Waals surface area contributed by atoms with Gasteiger partial charge in [0.25, 0.3) is 0 Å². The van der Waals surface area contributed by atoms with Gasteiger partial charge in [-0.2, -0.15) is 0 Å². The van der Waals surface area contributed by atoms with Crippen LogP contribution in [0, 0.1) is 11.8 Å². The highest BCUT2D eigenvalue weighted by atomic mass is 16.6. The van der Waals surface area contributed by atoms with E-state index in [4.69, 9.17) is 18.9 Å². The lowest BCUT2D eigenvalue weighted by atomic mass is 10.0. The number of hydrogen-bond donors (Lipinski definition) is 0. The molecule has 0 unspecified atom stereocenters. The van der Waals surface area contributed by atoms with E-state index < -0.39 is 0 Å². The molecule has 0 spiro atoms. The van der Waals surface area contributed by atoms with E-state index in [-0.39, 0.29) is 11.9 Å². The number of ether oxygens (including phenoxy) is 4. The summed E-state index contributed by atoms with van der Waals surface area (Å²) in [6.07, 6.45) is 0. The average Bonchev–Trinajstić information content (AvgIpc) is 2.65. The van der Waals surface area contributed by atoms with E-state index in [0.717, 1.165) is 11.1 Å². The summed E-state index contributed by atoms with van der Waals surface area (Å²) >= 11 is 0. The van der Waals surface area contributed by atoms with Crippen LogP contribution in [0.3, 0.4) is 0 Å². The fourth-order valence-corrected chi connectivity index (χ4v) is 2.97. The number of esters is 2. The summed E-state index contributed by atoms with van der Waals surface area (Å²) in [7, 11) is 0. The van der Waals surface area contributed by atoms with Gasteiger partial charge in [0, 0.05) is 11.8 Å². The SMILES string of the molecule is O=C(OCC1COC1)c1cccc(-c2cccc(C(=O)OCC3COC3)c2)c1. The van der Waals surface area contributed by atoms with Gasteiger partial charge in [-0.1, -0.05) is 24.3 Å². The van der Waals surface area contributed by atoms with Crippen molar-refractivity contribution in [2.24, 2.45) is 11.8 Å². The second-order valence-corrected chi connectivity index (χ2v) is 7.17. The molecule has 2 aromatic rings. The lowest BCUT2D eigenvalue weighted by molar-refractivity contribution is -0.0616. The number of carbonyl (C=O) groups is 2. The van der Waals surface area contributed by atoms with Crippen LogP contribution in [-0.2, 0) is 18.9 Å². The summed E-state index contributed by atoms with van der Waals surface area (Å²) in [5.74, 6) is -0.123. The van der Waals surface area contributed by atoms with Gasteiger partial charge in [0.2, 0.25) is 0 Å². The molecule has 6 nitrogen and oxygen atoms in total. The lowest BCUT2D eigenvalue weighted by Gasteiger charge is -2.25. The predicted molar refractivity (Wildman–Crippen MR) is 101 cm³/mol. The number of hydrogen-bond acceptors (Lipinski definition) is 6. The Morgan fingerprint density at radius 3 is 1.54 bits per heavy atom. The van der Waals surface area contributed by atoms with Crippen LogP contribution < -0.4 is 0 Å². The van der Waals surface area contributed by atoms with Crippen LogP contribution >= 0.6 is 0 Å². The maximum absolute atomic E-state index is 12.3. The van der Waals surface area contributed by atoms with Gasteiger partial charge in [0.1, 0.15) is 0 Å². The van der Waals surface area contributed by atoms with Crippen molar-refractivity contribution in [1.29, 1.82) is 0 Å². The maximum atomic E-state index is 12.3. The Hall–Kier alpha value is -2.70. The van der Waals surface area contributed by atoms with Crippen molar-refractivity contribution in [3.8, 4) is 11.1 Å². The summed E-state index contributed by atoms with van der Waals surface area (Å²) < 4.78 is 20.9. The first kappa shape index (κ1) is 18.7. The van der Waals surface area contributed by atoms with Crippen molar-refractivity contribution in [3.63, 3.8) is 0 Å². The Morgan fingerprint density at radius 2 is 1.18 bits per heavy atom. The minimum atomic E-state index is -0.355.